The van der Waals surface area contributed by atoms with Crippen LogP contribution in [0.1, 0.15) is 40.6 Å². The Kier molecular flexibility index (Phi) is 3.87. The number of pyridine rings is 1. The number of rotatable bonds is 1. The summed E-state index contributed by atoms with van der Waals surface area (Å²) in [5.41, 5.74) is 1.86. The van der Waals surface area contributed by atoms with Crippen molar-refractivity contribution < 1.29 is 4.79 Å². The Morgan fingerprint density at radius 2 is 2.00 bits per heavy atom. The second kappa shape index (κ2) is 5.95. The van der Waals surface area contributed by atoms with Crippen molar-refractivity contribution in [2.45, 2.75) is 33.6 Å². The van der Waals surface area contributed by atoms with E-state index in [2.05, 4.69) is 11.9 Å². The van der Waals surface area contributed by atoms with E-state index in [-0.39, 0.29) is 11.5 Å². The summed E-state index contributed by atoms with van der Waals surface area (Å²) in [5.74, 6) is 0.634. The van der Waals surface area contributed by atoms with Gasteiger partial charge in [-0.2, -0.15) is 0 Å². The molecule has 3 aromatic heterocycles. The minimum Gasteiger partial charge on any atom is -0.339 e. The average molecular weight is 355 g/mol. The first kappa shape index (κ1) is 16.3. The fraction of sp³-hybridized carbons (Fsp3) is 0.421. The van der Waals surface area contributed by atoms with Crippen molar-refractivity contribution in [2.24, 2.45) is 5.92 Å². The minimum absolute atomic E-state index is 0.0266. The first-order chi connectivity index (χ1) is 12.0. The van der Waals surface area contributed by atoms with Crippen LogP contribution in [0, 0.1) is 19.8 Å². The summed E-state index contributed by atoms with van der Waals surface area (Å²) in [7, 11) is 0. The Labute approximate surface area is 149 Å². The van der Waals surface area contributed by atoms with Crippen molar-refractivity contribution >= 4 is 33.1 Å². The van der Waals surface area contributed by atoms with Gasteiger partial charge in [0.1, 0.15) is 4.83 Å². The highest BCUT2D eigenvalue weighted by molar-refractivity contribution is 7.18. The number of carbonyl (C=O) groups excluding carboxylic acids is 1. The Morgan fingerprint density at radius 1 is 1.28 bits per heavy atom. The summed E-state index contributed by atoms with van der Waals surface area (Å²) in [6.07, 6.45) is 3.75. The number of aromatic nitrogens is 2. The molecule has 0 saturated carbocycles. The number of carbonyl (C=O) groups is 1. The van der Waals surface area contributed by atoms with Gasteiger partial charge in [0.15, 0.2) is 5.65 Å². The van der Waals surface area contributed by atoms with E-state index in [9.17, 15) is 9.59 Å². The molecule has 4 rings (SSSR count). The molecule has 0 aromatic carbocycles. The summed E-state index contributed by atoms with van der Waals surface area (Å²) in [4.78, 5) is 34.3. The van der Waals surface area contributed by atoms with Crippen molar-refractivity contribution in [1.82, 2.24) is 14.3 Å². The molecule has 0 aliphatic carbocycles. The molecule has 1 saturated heterocycles. The predicted molar refractivity (Wildman–Crippen MR) is 101 cm³/mol. The maximum absolute atomic E-state index is 13.0. The summed E-state index contributed by atoms with van der Waals surface area (Å²) in [6, 6.07) is 3.54. The molecule has 0 unspecified atom stereocenters. The zero-order chi connectivity index (χ0) is 17.7. The largest absolute Gasteiger partial charge is 0.339 e. The quantitative estimate of drug-likeness (QED) is 0.672. The van der Waals surface area contributed by atoms with Gasteiger partial charge >= 0.3 is 0 Å². The minimum atomic E-state index is -0.0937. The normalized spacial score (nSPS) is 16.0. The first-order valence-corrected chi connectivity index (χ1v) is 9.49. The van der Waals surface area contributed by atoms with Crippen LogP contribution in [-0.4, -0.2) is 33.3 Å². The molecule has 0 N–H and O–H groups in total. The molecule has 4 heterocycles. The molecular weight excluding hydrogens is 334 g/mol. The predicted octanol–water partition coefficient (Wildman–Crippen LogP) is 3.40. The van der Waals surface area contributed by atoms with E-state index in [1.807, 2.05) is 18.7 Å². The number of hydrogen-bond donors (Lipinski definition) is 0. The van der Waals surface area contributed by atoms with Crippen LogP contribution in [0.5, 0.6) is 0 Å². The van der Waals surface area contributed by atoms with E-state index in [0.29, 0.717) is 27.3 Å². The molecule has 1 aliphatic rings. The fourth-order valence-electron chi connectivity index (χ4n) is 3.48. The topological polar surface area (TPSA) is 54.7 Å². The Balaban J connectivity index is 1.89. The molecule has 130 valence electrons. The van der Waals surface area contributed by atoms with Crippen LogP contribution in [0.25, 0.3) is 15.9 Å². The van der Waals surface area contributed by atoms with E-state index in [0.717, 1.165) is 36.4 Å². The van der Waals surface area contributed by atoms with Gasteiger partial charge in [0.25, 0.3) is 11.5 Å². The number of likely N-dealkylation sites (tertiary alicyclic amines) is 1. The van der Waals surface area contributed by atoms with Gasteiger partial charge in [0, 0.05) is 24.2 Å². The SMILES string of the molecule is Cc1sc2nc3c(C(=O)N4CCC(C)CC4)cccn3c(=O)c2c1C. The van der Waals surface area contributed by atoms with Crippen LogP contribution < -0.4 is 5.56 Å². The van der Waals surface area contributed by atoms with Crippen molar-refractivity contribution in [3.8, 4) is 0 Å². The molecular formula is C19H21N3O2S. The van der Waals surface area contributed by atoms with Gasteiger partial charge in [-0.3, -0.25) is 14.0 Å². The molecule has 0 bridgehead atoms. The van der Waals surface area contributed by atoms with Gasteiger partial charge in [0.05, 0.1) is 10.9 Å². The molecule has 6 heteroatoms. The molecule has 0 radical (unpaired) electrons. The van der Waals surface area contributed by atoms with Crippen molar-refractivity contribution in [1.29, 1.82) is 0 Å². The standard InChI is InChI=1S/C19H21N3O2S/c1-11-6-9-21(10-7-11)18(23)14-5-4-8-22-16(14)20-17-15(19(22)24)12(2)13(3)25-17/h4-5,8,11H,6-7,9-10H2,1-3H3. The van der Waals surface area contributed by atoms with Gasteiger partial charge < -0.3 is 4.90 Å². The lowest BCUT2D eigenvalue weighted by Crippen LogP contribution is -2.38. The number of thiophene rings is 1. The van der Waals surface area contributed by atoms with Gasteiger partial charge in [-0.15, -0.1) is 11.3 Å². The van der Waals surface area contributed by atoms with Crippen molar-refractivity contribution in [2.75, 3.05) is 13.1 Å². The molecule has 1 amide bonds. The maximum atomic E-state index is 13.0. The molecule has 0 atom stereocenters. The highest BCUT2D eigenvalue weighted by Crippen LogP contribution is 2.27. The molecule has 0 spiro atoms. The van der Waals surface area contributed by atoms with Gasteiger partial charge in [-0.1, -0.05) is 6.92 Å². The monoisotopic (exact) mass is 355 g/mol. The highest BCUT2D eigenvalue weighted by Gasteiger charge is 2.24. The lowest BCUT2D eigenvalue weighted by atomic mass is 9.99. The number of nitrogens with zero attached hydrogens (tertiary/aromatic N) is 3. The van der Waals surface area contributed by atoms with Crippen LogP contribution >= 0.6 is 11.3 Å². The summed E-state index contributed by atoms with van der Waals surface area (Å²) in [6.45, 7) is 7.71. The maximum Gasteiger partial charge on any atom is 0.266 e. The first-order valence-electron chi connectivity index (χ1n) is 8.67. The number of aryl methyl sites for hydroxylation is 2. The van der Waals surface area contributed by atoms with Gasteiger partial charge in [-0.25, -0.2) is 4.98 Å². The Morgan fingerprint density at radius 3 is 2.72 bits per heavy atom. The van der Waals surface area contributed by atoms with Crippen LogP contribution in [0.4, 0.5) is 0 Å². The zero-order valence-electron chi connectivity index (χ0n) is 14.7. The number of hydrogen-bond acceptors (Lipinski definition) is 4. The third-order valence-corrected chi connectivity index (χ3v) is 6.38. The number of piperidine rings is 1. The summed E-state index contributed by atoms with van der Waals surface area (Å²) in [5, 5.41) is 0.663. The Bertz CT molecular complexity index is 1040. The second-order valence-electron chi connectivity index (χ2n) is 6.97. The van der Waals surface area contributed by atoms with Crippen LogP contribution in [0.2, 0.25) is 0 Å². The van der Waals surface area contributed by atoms with Crippen LogP contribution in [0.15, 0.2) is 23.1 Å². The third-order valence-electron chi connectivity index (χ3n) is 5.28. The molecule has 25 heavy (non-hydrogen) atoms. The zero-order valence-corrected chi connectivity index (χ0v) is 15.5. The highest BCUT2D eigenvalue weighted by atomic mass is 32.1. The van der Waals surface area contributed by atoms with E-state index >= 15 is 0 Å². The van der Waals surface area contributed by atoms with E-state index in [1.165, 1.54) is 15.7 Å². The lowest BCUT2D eigenvalue weighted by molar-refractivity contribution is 0.0698. The summed E-state index contributed by atoms with van der Waals surface area (Å²) < 4.78 is 1.52. The Hall–Kier alpha value is -2.21. The fourth-order valence-corrected chi connectivity index (χ4v) is 4.50. The van der Waals surface area contributed by atoms with Crippen LogP contribution in [0.3, 0.4) is 0 Å². The van der Waals surface area contributed by atoms with E-state index in [4.69, 9.17) is 0 Å². The van der Waals surface area contributed by atoms with Crippen molar-refractivity contribution in [3.05, 3.63) is 44.7 Å². The second-order valence-corrected chi connectivity index (χ2v) is 8.17. The molecule has 3 aromatic rings. The van der Waals surface area contributed by atoms with Gasteiger partial charge in [-0.05, 0) is 50.3 Å². The lowest BCUT2D eigenvalue weighted by Gasteiger charge is -2.30. The van der Waals surface area contributed by atoms with Crippen LogP contribution in [-0.2, 0) is 0 Å². The average Bonchev–Trinajstić information content (AvgIpc) is 2.89. The van der Waals surface area contributed by atoms with E-state index < -0.39 is 0 Å². The third kappa shape index (κ3) is 2.56. The molecule has 1 aliphatic heterocycles. The number of amides is 1. The van der Waals surface area contributed by atoms with Gasteiger partial charge in [0.2, 0.25) is 0 Å². The molecule has 1 fully saturated rings. The number of fused-ring (bicyclic) bond motifs is 2. The van der Waals surface area contributed by atoms with Crippen molar-refractivity contribution in [3.63, 3.8) is 0 Å². The summed E-state index contributed by atoms with van der Waals surface area (Å²) >= 11 is 1.51. The molecule has 5 nitrogen and oxygen atoms in total. The van der Waals surface area contributed by atoms with E-state index in [1.54, 1.807) is 18.3 Å². The smallest absolute Gasteiger partial charge is 0.266 e.